The Balaban J connectivity index is 2.89. The van der Waals surface area contributed by atoms with Gasteiger partial charge in [-0.25, -0.2) is 0 Å². The van der Waals surface area contributed by atoms with Gasteiger partial charge in [0.2, 0.25) is 0 Å². The van der Waals surface area contributed by atoms with Crippen molar-refractivity contribution in [2.45, 2.75) is 0 Å². The van der Waals surface area contributed by atoms with E-state index in [1.807, 2.05) is 25.6 Å². The van der Waals surface area contributed by atoms with E-state index < -0.39 is 0 Å². The van der Waals surface area contributed by atoms with E-state index >= 15 is 0 Å². The van der Waals surface area contributed by atoms with Gasteiger partial charge >= 0.3 is 0 Å². The van der Waals surface area contributed by atoms with Crippen molar-refractivity contribution >= 4 is 57.1 Å². The van der Waals surface area contributed by atoms with Crippen molar-refractivity contribution in [1.29, 1.82) is 0 Å². The normalized spacial score (nSPS) is 9.40. The summed E-state index contributed by atoms with van der Waals surface area (Å²) < 4.78 is 1.98. The highest BCUT2D eigenvalue weighted by molar-refractivity contribution is 14.2. The summed E-state index contributed by atoms with van der Waals surface area (Å²) in [4.78, 5) is 0. The molecule has 0 fully saturated rings. The smallest absolute Gasteiger partial charge is 0.0697 e. The van der Waals surface area contributed by atoms with E-state index in [2.05, 4.69) is 45.7 Å². The van der Waals surface area contributed by atoms with Crippen LogP contribution in [0.3, 0.4) is 0 Å². The third kappa shape index (κ3) is 2.15. The molecule has 0 radical (unpaired) electrons. The number of hydrogen-bond donors (Lipinski definition) is 1. The summed E-state index contributed by atoms with van der Waals surface area (Å²) in [7, 11) is 0. The van der Waals surface area contributed by atoms with Crippen molar-refractivity contribution in [1.82, 2.24) is 0 Å². The molecule has 0 bridgehead atoms. The van der Waals surface area contributed by atoms with Gasteiger partial charge in [0, 0.05) is 5.69 Å². The molecule has 0 aliphatic heterocycles. The van der Waals surface area contributed by atoms with E-state index in [0.717, 1.165) is 11.4 Å². The fraction of sp³-hybridized carbons (Fsp3) is 0. The maximum atomic E-state index is 5.50. The van der Waals surface area contributed by atoms with Gasteiger partial charge in [-0.1, -0.05) is 0 Å². The summed E-state index contributed by atoms with van der Waals surface area (Å²) >= 11 is 4.40. The average Bonchev–Trinajstić information content (AvgIpc) is 1.88. The molecular formula is C6H6I2N2. The number of nitrogen functional groups attached to an aromatic ring is 1. The Hall–Kier alpha value is 0.280. The maximum absolute atomic E-state index is 5.50. The lowest BCUT2D eigenvalue weighted by Crippen LogP contribution is -1.89. The molecule has 0 atom stereocenters. The standard InChI is InChI=1S/C6H6I2N2/c7-10(8)6-3-1-5(9)2-4-6/h1-4H,9H2. The molecule has 1 aromatic rings. The van der Waals surface area contributed by atoms with E-state index in [1.54, 1.807) is 0 Å². The van der Waals surface area contributed by atoms with Crippen molar-refractivity contribution in [2.75, 3.05) is 7.06 Å². The summed E-state index contributed by atoms with van der Waals surface area (Å²) in [5.74, 6) is 0. The molecule has 1 rings (SSSR count). The van der Waals surface area contributed by atoms with Crippen molar-refractivity contribution in [2.24, 2.45) is 0 Å². The zero-order valence-electron chi connectivity index (χ0n) is 5.09. The summed E-state index contributed by atoms with van der Waals surface area (Å²) in [6.45, 7) is 0. The number of rotatable bonds is 1. The molecule has 0 saturated heterocycles. The highest BCUT2D eigenvalue weighted by Gasteiger charge is 1.94. The number of anilines is 2. The minimum Gasteiger partial charge on any atom is -0.399 e. The quantitative estimate of drug-likeness (QED) is 0.474. The van der Waals surface area contributed by atoms with Crippen LogP contribution in [0, 0.1) is 0 Å². The first-order valence-corrected chi connectivity index (χ1v) is 4.60. The van der Waals surface area contributed by atoms with E-state index in [4.69, 9.17) is 5.73 Å². The van der Waals surface area contributed by atoms with Crippen LogP contribution in [-0.4, -0.2) is 0 Å². The lowest BCUT2D eigenvalue weighted by atomic mass is 10.3. The Morgan fingerprint density at radius 2 is 1.60 bits per heavy atom. The summed E-state index contributed by atoms with van der Waals surface area (Å²) in [6, 6.07) is 7.74. The van der Waals surface area contributed by atoms with Gasteiger partial charge in [0.15, 0.2) is 0 Å². The summed E-state index contributed by atoms with van der Waals surface area (Å²) in [5, 5.41) is 0. The maximum Gasteiger partial charge on any atom is 0.0697 e. The summed E-state index contributed by atoms with van der Waals surface area (Å²) in [6.07, 6.45) is 0. The van der Waals surface area contributed by atoms with Gasteiger partial charge in [0.25, 0.3) is 0 Å². The second-order valence-electron chi connectivity index (χ2n) is 1.82. The summed E-state index contributed by atoms with van der Waals surface area (Å²) in [5.41, 5.74) is 7.46. The highest BCUT2D eigenvalue weighted by Crippen LogP contribution is 2.23. The SMILES string of the molecule is Nc1ccc(N(I)I)cc1. The molecule has 0 saturated carbocycles. The first kappa shape index (κ1) is 8.38. The Morgan fingerprint density at radius 3 is 2.00 bits per heavy atom. The van der Waals surface area contributed by atoms with Crippen LogP contribution in [0.4, 0.5) is 11.4 Å². The molecule has 0 aliphatic rings. The predicted molar refractivity (Wildman–Crippen MR) is 61.4 cm³/mol. The minimum atomic E-state index is 0.804. The van der Waals surface area contributed by atoms with Gasteiger partial charge in [-0.2, -0.15) is 0 Å². The number of nitrogens with zero attached hydrogens (tertiary/aromatic N) is 1. The van der Waals surface area contributed by atoms with Crippen LogP contribution in [0.5, 0.6) is 0 Å². The number of nitrogens with two attached hydrogens (primary N) is 1. The van der Waals surface area contributed by atoms with Crippen molar-refractivity contribution < 1.29 is 0 Å². The van der Waals surface area contributed by atoms with Crippen LogP contribution >= 0.6 is 45.7 Å². The topological polar surface area (TPSA) is 29.3 Å². The van der Waals surface area contributed by atoms with Crippen molar-refractivity contribution in [3.05, 3.63) is 24.3 Å². The van der Waals surface area contributed by atoms with Crippen LogP contribution in [0.2, 0.25) is 0 Å². The third-order valence-corrected chi connectivity index (χ3v) is 2.20. The second kappa shape index (κ2) is 3.61. The Morgan fingerprint density at radius 1 is 1.10 bits per heavy atom. The lowest BCUT2D eigenvalue weighted by Gasteiger charge is -2.05. The van der Waals surface area contributed by atoms with Crippen LogP contribution in [-0.2, 0) is 0 Å². The van der Waals surface area contributed by atoms with Crippen LogP contribution in [0.25, 0.3) is 0 Å². The van der Waals surface area contributed by atoms with Gasteiger partial charge in [-0.15, -0.1) is 0 Å². The van der Waals surface area contributed by atoms with E-state index in [0.29, 0.717) is 0 Å². The van der Waals surface area contributed by atoms with Gasteiger partial charge in [0.05, 0.1) is 51.4 Å². The largest absolute Gasteiger partial charge is 0.399 e. The first-order valence-electron chi connectivity index (χ1n) is 2.67. The first-order chi connectivity index (χ1) is 4.70. The van der Waals surface area contributed by atoms with Crippen LogP contribution < -0.4 is 7.06 Å². The molecule has 0 aliphatic carbocycles. The number of benzene rings is 1. The van der Waals surface area contributed by atoms with Crippen LogP contribution in [0.1, 0.15) is 0 Å². The molecule has 10 heavy (non-hydrogen) atoms. The predicted octanol–water partition coefficient (Wildman–Crippen LogP) is 2.78. The molecule has 0 amide bonds. The highest BCUT2D eigenvalue weighted by atomic mass is 127. The van der Waals surface area contributed by atoms with Crippen molar-refractivity contribution in [3.8, 4) is 0 Å². The molecule has 54 valence electrons. The van der Waals surface area contributed by atoms with Gasteiger partial charge in [0.1, 0.15) is 0 Å². The van der Waals surface area contributed by atoms with E-state index in [-0.39, 0.29) is 0 Å². The Kier molecular flexibility index (Phi) is 3.02. The average molecular weight is 360 g/mol. The van der Waals surface area contributed by atoms with Gasteiger partial charge < -0.3 is 5.73 Å². The molecule has 0 aromatic heterocycles. The van der Waals surface area contributed by atoms with E-state index in [1.165, 1.54) is 0 Å². The zero-order valence-corrected chi connectivity index (χ0v) is 9.40. The van der Waals surface area contributed by atoms with E-state index in [9.17, 15) is 0 Å². The lowest BCUT2D eigenvalue weighted by molar-refractivity contribution is 1.65. The molecule has 0 heterocycles. The minimum absolute atomic E-state index is 0.804. The van der Waals surface area contributed by atoms with Gasteiger partial charge in [-0.3, -0.25) is 1.33 Å². The molecular weight excluding hydrogens is 354 g/mol. The zero-order chi connectivity index (χ0) is 7.56. The fourth-order valence-electron chi connectivity index (χ4n) is 0.587. The molecule has 0 unspecified atom stereocenters. The molecule has 0 spiro atoms. The fourth-order valence-corrected chi connectivity index (χ4v) is 1.23. The number of halogens is 2. The Labute approximate surface area is 87.8 Å². The van der Waals surface area contributed by atoms with Crippen LogP contribution in [0.15, 0.2) is 24.3 Å². The molecule has 1 aromatic carbocycles. The monoisotopic (exact) mass is 360 g/mol. The molecule has 4 heteroatoms. The molecule has 2 nitrogen and oxygen atoms in total. The second-order valence-corrected chi connectivity index (χ2v) is 5.60. The Bertz CT molecular complexity index is 207. The van der Waals surface area contributed by atoms with Gasteiger partial charge in [-0.05, 0) is 24.3 Å². The van der Waals surface area contributed by atoms with Crippen molar-refractivity contribution in [3.63, 3.8) is 0 Å². The third-order valence-electron chi connectivity index (χ3n) is 1.09. The number of hydrogen-bond acceptors (Lipinski definition) is 2. The molecule has 2 N–H and O–H groups in total.